The molecule has 6 nitrogen and oxygen atoms in total. The molecule has 0 bridgehead atoms. The Bertz CT molecular complexity index is 979. The summed E-state index contributed by atoms with van der Waals surface area (Å²) in [4.78, 5) is 32.2. The predicted molar refractivity (Wildman–Crippen MR) is 102 cm³/mol. The number of aryl methyl sites for hydroxylation is 1. The van der Waals surface area contributed by atoms with Crippen LogP contribution >= 0.6 is 23.4 Å². The maximum absolute atomic E-state index is 12.5. The third kappa shape index (κ3) is 3.88. The number of benzene rings is 1. The summed E-state index contributed by atoms with van der Waals surface area (Å²) in [5.74, 6) is -0.0150. The van der Waals surface area contributed by atoms with E-state index in [0.29, 0.717) is 33.4 Å². The maximum Gasteiger partial charge on any atom is 0.278 e. The Kier molecular flexibility index (Phi) is 5.15. The summed E-state index contributed by atoms with van der Waals surface area (Å²) < 4.78 is 1.57. The van der Waals surface area contributed by atoms with Gasteiger partial charge in [-0.1, -0.05) is 23.4 Å². The van der Waals surface area contributed by atoms with Gasteiger partial charge in [-0.15, -0.1) is 0 Å². The lowest BCUT2D eigenvalue weighted by atomic mass is 10.3. The summed E-state index contributed by atoms with van der Waals surface area (Å²) in [6.07, 6.45) is 0. The fraction of sp³-hybridized carbons (Fsp3) is 0.235. The van der Waals surface area contributed by atoms with Crippen LogP contribution in [0, 0.1) is 6.92 Å². The van der Waals surface area contributed by atoms with Crippen LogP contribution in [0.3, 0.4) is 0 Å². The van der Waals surface area contributed by atoms with Crippen molar-refractivity contribution in [1.82, 2.24) is 14.5 Å². The van der Waals surface area contributed by atoms with Crippen molar-refractivity contribution < 1.29 is 4.79 Å². The standard InChI is InChI=1S/C17H17ClN4O2S/c1-3-22-16(24)15-13(8-10(2)19-15)21-17(22)25-9-14(23)20-12-6-4-11(18)5-7-12/h4-8,19H,3,9H2,1-2H3,(H,20,23). The average Bonchev–Trinajstić information content (AvgIpc) is 2.96. The van der Waals surface area contributed by atoms with E-state index in [1.165, 1.54) is 11.8 Å². The number of H-pyrrole nitrogens is 1. The number of amides is 1. The van der Waals surface area contributed by atoms with Crippen LogP contribution in [0.15, 0.2) is 40.3 Å². The van der Waals surface area contributed by atoms with Gasteiger partial charge in [0.25, 0.3) is 5.56 Å². The topological polar surface area (TPSA) is 79.8 Å². The second kappa shape index (κ2) is 7.33. The van der Waals surface area contributed by atoms with Crippen LogP contribution in [0.5, 0.6) is 0 Å². The molecule has 2 aromatic heterocycles. The van der Waals surface area contributed by atoms with Gasteiger partial charge in [-0.25, -0.2) is 4.98 Å². The molecule has 25 heavy (non-hydrogen) atoms. The molecule has 0 atom stereocenters. The van der Waals surface area contributed by atoms with E-state index in [0.717, 1.165) is 5.69 Å². The van der Waals surface area contributed by atoms with E-state index in [1.54, 1.807) is 28.8 Å². The molecule has 1 aromatic carbocycles. The molecule has 2 heterocycles. The van der Waals surface area contributed by atoms with Crippen LogP contribution in [0.1, 0.15) is 12.6 Å². The molecular formula is C17H17ClN4O2S. The molecule has 0 aliphatic heterocycles. The molecule has 3 aromatic rings. The lowest BCUT2D eigenvalue weighted by Crippen LogP contribution is -2.23. The number of carbonyl (C=O) groups excluding carboxylic acids is 1. The highest BCUT2D eigenvalue weighted by atomic mass is 35.5. The second-order valence-electron chi connectivity index (χ2n) is 5.50. The van der Waals surface area contributed by atoms with E-state index in [-0.39, 0.29) is 17.2 Å². The van der Waals surface area contributed by atoms with Gasteiger partial charge in [0.2, 0.25) is 5.91 Å². The molecule has 0 saturated carbocycles. The third-order valence-electron chi connectivity index (χ3n) is 3.61. The fourth-order valence-corrected chi connectivity index (χ4v) is 3.45. The van der Waals surface area contributed by atoms with Crippen molar-refractivity contribution in [2.24, 2.45) is 0 Å². The van der Waals surface area contributed by atoms with Gasteiger partial charge in [-0.2, -0.15) is 0 Å². The Labute approximate surface area is 153 Å². The minimum atomic E-state index is -0.172. The van der Waals surface area contributed by atoms with Gasteiger partial charge in [-0.05, 0) is 44.2 Å². The zero-order valence-corrected chi connectivity index (χ0v) is 15.4. The molecule has 0 fully saturated rings. The normalized spacial score (nSPS) is 11.0. The highest BCUT2D eigenvalue weighted by molar-refractivity contribution is 7.99. The molecule has 1 amide bonds. The van der Waals surface area contributed by atoms with Crippen LogP contribution in [0.4, 0.5) is 5.69 Å². The van der Waals surface area contributed by atoms with Crippen molar-refractivity contribution in [2.45, 2.75) is 25.5 Å². The largest absolute Gasteiger partial charge is 0.353 e. The van der Waals surface area contributed by atoms with Gasteiger partial charge in [0.15, 0.2) is 5.16 Å². The highest BCUT2D eigenvalue weighted by Gasteiger charge is 2.14. The van der Waals surface area contributed by atoms with Gasteiger partial charge >= 0.3 is 0 Å². The van der Waals surface area contributed by atoms with Crippen LogP contribution < -0.4 is 10.9 Å². The molecule has 3 rings (SSSR count). The molecule has 8 heteroatoms. The smallest absolute Gasteiger partial charge is 0.278 e. The summed E-state index contributed by atoms with van der Waals surface area (Å²) in [6.45, 7) is 4.24. The number of nitrogens with one attached hydrogen (secondary N) is 2. The second-order valence-corrected chi connectivity index (χ2v) is 6.88. The van der Waals surface area contributed by atoms with E-state index in [2.05, 4.69) is 15.3 Å². The zero-order valence-electron chi connectivity index (χ0n) is 13.8. The van der Waals surface area contributed by atoms with Gasteiger partial charge in [0.05, 0.1) is 11.3 Å². The number of aromatic nitrogens is 3. The number of fused-ring (bicyclic) bond motifs is 1. The SMILES string of the molecule is CCn1c(SCC(=O)Nc2ccc(Cl)cc2)nc2cc(C)[nH]c2c1=O. The van der Waals surface area contributed by atoms with Crippen molar-refractivity contribution in [3.8, 4) is 0 Å². The number of hydrogen-bond acceptors (Lipinski definition) is 4. The number of hydrogen-bond donors (Lipinski definition) is 2. The first-order chi connectivity index (χ1) is 12.0. The first-order valence-corrected chi connectivity index (χ1v) is 9.12. The zero-order chi connectivity index (χ0) is 18.0. The van der Waals surface area contributed by atoms with E-state index in [9.17, 15) is 9.59 Å². The van der Waals surface area contributed by atoms with Crippen molar-refractivity contribution in [1.29, 1.82) is 0 Å². The molecule has 0 aliphatic rings. The Balaban J connectivity index is 1.77. The number of thioether (sulfide) groups is 1. The summed E-state index contributed by atoms with van der Waals surface area (Å²) in [6, 6.07) is 8.72. The number of carbonyl (C=O) groups is 1. The number of nitrogens with zero attached hydrogens (tertiary/aromatic N) is 2. The lowest BCUT2D eigenvalue weighted by Gasteiger charge is -2.10. The van der Waals surface area contributed by atoms with Crippen LogP contribution in [0.25, 0.3) is 11.0 Å². The highest BCUT2D eigenvalue weighted by Crippen LogP contribution is 2.19. The lowest BCUT2D eigenvalue weighted by molar-refractivity contribution is -0.113. The van der Waals surface area contributed by atoms with Crippen LogP contribution in [-0.2, 0) is 11.3 Å². The third-order valence-corrected chi connectivity index (χ3v) is 4.84. The Morgan fingerprint density at radius 3 is 2.76 bits per heavy atom. The fourth-order valence-electron chi connectivity index (χ4n) is 2.46. The van der Waals surface area contributed by atoms with E-state index in [4.69, 9.17) is 11.6 Å². The minimum Gasteiger partial charge on any atom is -0.353 e. The van der Waals surface area contributed by atoms with Gasteiger partial charge < -0.3 is 10.3 Å². The summed E-state index contributed by atoms with van der Waals surface area (Å²) >= 11 is 7.07. The van der Waals surface area contributed by atoms with E-state index in [1.807, 2.05) is 19.9 Å². The van der Waals surface area contributed by atoms with Crippen LogP contribution in [0.2, 0.25) is 5.02 Å². The van der Waals surface area contributed by atoms with Crippen molar-refractivity contribution in [3.05, 3.63) is 51.4 Å². The molecule has 0 radical (unpaired) electrons. The molecule has 2 N–H and O–H groups in total. The van der Waals surface area contributed by atoms with Gasteiger partial charge in [-0.3, -0.25) is 14.2 Å². The number of rotatable bonds is 5. The Morgan fingerprint density at radius 2 is 2.08 bits per heavy atom. The summed E-state index contributed by atoms with van der Waals surface area (Å²) in [5, 5.41) is 3.94. The maximum atomic E-state index is 12.5. The minimum absolute atomic E-state index is 0.124. The summed E-state index contributed by atoms with van der Waals surface area (Å²) in [7, 11) is 0. The molecule has 130 valence electrons. The van der Waals surface area contributed by atoms with E-state index < -0.39 is 0 Å². The number of aromatic amines is 1. The number of halogens is 1. The molecule has 0 spiro atoms. The molecule has 0 saturated heterocycles. The predicted octanol–water partition coefficient (Wildman–Crippen LogP) is 3.44. The molecule has 0 aliphatic carbocycles. The Morgan fingerprint density at radius 1 is 1.36 bits per heavy atom. The van der Waals surface area contributed by atoms with Gasteiger partial charge in [0, 0.05) is 22.9 Å². The quantitative estimate of drug-likeness (QED) is 0.528. The van der Waals surface area contributed by atoms with Crippen molar-refractivity contribution >= 4 is 46.0 Å². The summed E-state index contributed by atoms with van der Waals surface area (Å²) in [5.41, 5.74) is 2.54. The first-order valence-electron chi connectivity index (χ1n) is 7.76. The first kappa shape index (κ1) is 17.6. The molecular weight excluding hydrogens is 360 g/mol. The van der Waals surface area contributed by atoms with Crippen molar-refractivity contribution in [3.63, 3.8) is 0 Å². The molecule has 0 unspecified atom stereocenters. The average molecular weight is 377 g/mol. The van der Waals surface area contributed by atoms with E-state index >= 15 is 0 Å². The Hall–Kier alpha value is -2.25. The van der Waals surface area contributed by atoms with Crippen LogP contribution in [-0.4, -0.2) is 26.2 Å². The monoisotopic (exact) mass is 376 g/mol. The van der Waals surface area contributed by atoms with Crippen molar-refractivity contribution in [2.75, 3.05) is 11.1 Å². The van der Waals surface area contributed by atoms with Gasteiger partial charge in [0.1, 0.15) is 5.52 Å². The number of anilines is 1.